The van der Waals surface area contributed by atoms with Crippen molar-refractivity contribution in [2.24, 2.45) is 0 Å². The minimum Gasteiger partial charge on any atom is -0.387 e. The summed E-state index contributed by atoms with van der Waals surface area (Å²) in [5.41, 5.74) is 0. The van der Waals surface area contributed by atoms with Gasteiger partial charge < -0.3 is 24.2 Å². The maximum atomic E-state index is 9.72. The van der Waals surface area contributed by atoms with Crippen LogP contribution in [0.5, 0.6) is 0 Å². The number of aryl methyl sites for hydroxylation is 1. The maximum absolute atomic E-state index is 9.72. The van der Waals surface area contributed by atoms with Crippen molar-refractivity contribution >= 4 is 0 Å². The van der Waals surface area contributed by atoms with Crippen LogP contribution in [0.15, 0.2) is 4.52 Å². The van der Waals surface area contributed by atoms with Gasteiger partial charge in [-0.3, -0.25) is 0 Å². The van der Waals surface area contributed by atoms with Gasteiger partial charge in [0.15, 0.2) is 12.4 Å². The van der Waals surface area contributed by atoms with Crippen LogP contribution in [0.1, 0.15) is 24.7 Å². The monoisotopic (exact) mass is 230 g/mol. The molecule has 0 aliphatic carbocycles. The molecule has 1 aliphatic rings. The zero-order valence-corrected chi connectivity index (χ0v) is 9.03. The Bertz CT molecular complexity index is 355. The molecule has 0 bridgehead atoms. The summed E-state index contributed by atoms with van der Waals surface area (Å²) in [6, 6.07) is 0. The summed E-state index contributed by atoms with van der Waals surface area (Å²) < 4.78 is 15.0. The van der Waals surface area contributed by atoms with Crippen molar-refractivity contribution in [1.82, 2.24) is 10.1 Å². The van der Waals surface area contributed by atoms with Gasteiger partial charge in [-0.25, -0.2) is 0 Å². The third-order valence-electron chi connectivity index (χ3n) is 2.49. The average molecular weight is 230 g/mol. The number of methoxy groups -OCH3 is 1. The number of aromatic nitrogens is 2. The Morgan fingerprint density at radius 2 is 2.12 bits per heavy atom. The Morgan fingerprint density at radius 3 is 2.62 bits per heavy atom. The van der Waals surface area contributed by atoms with Gasteiger partial charge in [0, 0.05) is 13.5 Å². The first-order chi connectivity index (χ1) is 7.67. The highest BCUT2D eigenvalue weighted by Crippen LogP contribution is 2.32. The highest BCUT2D eigenvalue weighted by Gasteiger charge is 2.45. The van der Waals surface area contributed by atoms with E-state index in [0.29, 0.717) is 12.3 Å². The first-order valence-electron chi connectivity index (χ1n) is 5.04. The Balaban J connectivity index is 2.16. The van der Waals surface area contributed by atoms with Crippen LogP contribution < -0.4 is 0 Å². The normalized spacial score (nSPS) is 34.5. The fourth-order valence-corrected chi connectivity index (χ4v) is 1.58. The molecule has 0 unspecified atom stereocenters. The Hall–Kier alpha value is -1.02. The summed E-state index contributed by atoms with van der Waals surface area (Å²) in [6.07, 6.45) is -3.31. The first-order valence-corrected chi connectivity index (χ1v) is 5.04. The largest absolute Gasteiger partial charge is 0.387 e. The van der Waals surface area contributed by atoms with Crippen LogP contribution in [-0.4, -0.2) is 46.0 Å². The van der Waals surface area contributed by atoms with E-state index in [1.54, 1.807) is 0 Å². The van der Waals surface area contributed by atoms with Crippen molar-refractivity contribution in [2.75, 3.05) is 7.11 Å². The van der Waals surface area contributed by atoms with Crippen LogP contribution in [0.2, 0.25) is 0 Å². The quantitative estimate of drug-likeness (QED) is 0.715. The fourth-order valence-electron chi connectivity index (χ4n) is 1.58. The lowest BCUT2D eigenvalue weighted by molar-refractivity contribution is -0.150. The molecule has 16 heavy (non-hydrogen) atoms. The molecule has 2 N–H and O–H groups in total. The van der Waals surface area contributed by atoms with Crippen LogP contribution in [0, 0.1) is 0 Å². The molecule has 0 spiro atoms. The molecular weight excluding hydrogens is 216 g/mol. The Kier molecular flexibility index (Phi) is 3.20. The smallest absolute Gasteiger partial charge is 0.226 e. The van der Waals surface area contributed by atoms with Crippen molar-refractivity contribution in [3.63, 3.8) is 0 Å². The first kappa shape index (κ1) is 11.5. The lowest BCUT2D eigenvalue weighted by atomic mass is 10.1. The minimum atomic E-state index is -1.12. The van der Waals surface area contributed by atoms with E-state index >= 15 is 0 Å². The number of rotatable bonds is 3. The summed E-state index contributed by atoms with van der Waals surface area (Å²) in [5, 5.41) is 23.0. The SMILES string of the molecule is CCc1nc([C@H]2O[C@H](OC)[C@H](O)[C@@H]2O)no1. The fraction of sp³-hybridized carbons (Fsp3) is 0.778. The third kappa shape index (κ3) is 1.82. The molecule has 1 aromatic rings. The zero-order chi connectivity index (χ0) is 11.7. The highest BCUT2D eigenvalue weighted by molar-refractivity contribution is 5.00. The van der Waals surface area contributed by atoms with Crippen molar-refractivity contribution < 1.29 is 24.2 Å². The second kappa shape index (κ2) is 4.46. The molecule has 1 fully saturated rings. The van der Waals surface area contributed by atoms with Crippen molar-refractivity contribution in [3.8, 4) is 0 Å². The predicted molar refractivity (Wildman–Crippen MR) is 50.3 cm³/mol. The van der Waals surface area contributed by atoms with E-state index < -0.39 is 24.6 Å². The van der Waals surface area contributed by atoms with E-state index in [0.717, 1.165) is 0 Å². The molecule has 2 rings (SSSR count). The second-order valence-electron chi connectivity index (χ2n) is 3.54. The molecule has 2 heterocycles. The molecule has 90 valence electrons. The topological polar surface area (TPSA) is 97.8 Å². The van der Waals surface area contributed by atoms with E-state index in [1.807, 2.05) is 6.92 Å². The molecule has 1 aromatic heterocycles. The average Bonchev–Trinajstić information content (AvgIpc) is 2.86. The molecule has 1 aliphatic heterocycles. The highest BCUT2D eigenvalue weighted by atomic mass is 16.7. The summed E-state index contributed by atoms with van der Waals surface area (Å²) >= 11 is 0. The summed E-state index contributed by atoms with van der Waals surface area (Å²) in [4.78, 5) is 4.03. The predicted octanol–water partition coefficient (Wildman–Crippen LogP) is -0.602. The van der Waals surface area contributed by atoms with Gasteiger partial charge in [0.05, 0.1) is 0 Å². The van der Waals surface area contributed by atoms with Crippen molar-refractivity contribution in [3.05, 3.63) is 11.7 Å². The third-order valence-corrected chi connectivity index (χ3v) is 2.49. The van der Waals surface area contributed by atoms with E-state index in [-0.39, 0.29) is 5.82 Å². The van der Waals surface area contributed by atoms with Crippen molar-refractivity contribution in [1.29, 1.82) is 0 Å². The van der Waals surface area contributed by atoms with Crippen molar-refractivity contribution in [2.45, 2.75) is 37.9 Å². The molecule has 0 saturated carbocycles. The molecule has 7 heteroatoms. The summed E-state index contributed by atoms with van der Waals surface area (Å²) in [5.74, 6) is 0.684. The molecular formula is C9H14N2O5. The maximum Gasteiger partial charge on any atom is 0.226 e. The molecule has 0 radical (unpaired) electrons. The van der Waals surface area contributed by atoms with Gasteiger partial charge >= 0.3 is 0 Å². The van der Waals surface area contributed by atoms with Gasteiger partial charge in [0.25, 0.3) is 0 Å². The Morgan fingerprint density at radius 1 is 1.38 bits per heavy atom. The Labute approximate surface area is 92.0 Å². The summed E-state index contributed by atoms with van der Waals surface area (Å²) in [6.45, 7) is 1.87. The van der Waals surface area contributed by atoms with E-state index in [1.165, 1.54) is 7.11 Å². The lowest BCUT2D eigenvalue weighted by Crippen LogP contribution is -2.31. The molecule has 0 aromatic carbocycles. The molecule has 1 saturated heterocycles. The standard InChI is InChI=1S/C9H14N2O5/c1-3-4-10-8(11-16-4)7-5(12)6(13)9(14-2)15-7/h5-7,9,12-13H,3H2,1-2H3/t5-,6+,7-,9-/m0/s1. The lowest BCUT2D eigenvalue weighted by Gasteiger charge is -2.11. The zero-order valence-electron chi connectivity index (χ0n) is 9.03. The van der Waals surface area contributed by atoms with Crippen LogP contribution in [0.4, 0.5) is 0 Å². The second-order valence-corrected chi connectivity index (χ2v) is 3.54. The van der Waals surface area contributed by atoms with E-state index in [4.69, 9.17) is 14.0 Å². The van der Waals surface area contributed by atoms with E-state index in [9.17, 15) is 10.2 Å². The minimum absolute atomic E-state index is 0.225. The van der Waals surface area contributed by atoms with Gasteiger partial charge in [-0.15, -0.1) is 0 Å². The number of aliphatic hydroxyl groups is 2. The molecule has 4 atom stereocenters. The van der Waals surface area contributed by atoms with Gasteiger partial charge in [0.1, 0.15) is 12.2 Å². The number of hydrogen-bond donors (Lipinski definition) is 2. The van der Waals surface area contributed by atoms with Gasteiger partial charge in [-0.2, -0.15) is 4.98 Å². The number of nitrogens with zero attached hydrogens (tertiary/aromatic N) is 2. The molecule has 7 nitrogen and oxygen atoms in total. The number of aliphatic hydroxyl groups excluding tert-OH is 2. The van der Waals surface area contributed by atoms with E-state index in [2.05, 4.69) is 10.1 Å². The number of hydrogen-bond acceptors (Lipinski definition) is 7. The van der Waals surface area contributed by atoms with Gasteiger partial charge in [-0.05, 0) is 0 Å². The van der Waals surface area contributed by atoms with Crippen LogP contribution in [0.25, 0.3) is 0 Å². The van der Waals surface area contributed by atoms with Gasteiger partial charge in [0.2, 0.25) is 11.7 Å². The number of ether oxygens (including phenoxy) is 2. The van der Waals surface area contributed by atoms with Gasteiger partial charge in [-0.1, -0.05) is 12.1 Å². The van der Waals surface area contributed by atoms with Crippen LogP contribution in [-0.2, 0) is 15.9 Å². The van der Waals surface area contributed by atoms with Crippen LogP contribution in [0.3, 0.4) is 0 Å². The summed E-state index contributed by atoms with van der Waals surface area (Å²) in [7, 11) is 1.39. The molecule has 0 amide bonds. The van der Waals surface area contributed by atoms with Crippen LogP contribution >= 0.6 is 0 Å².